The van der Waals surface area contributed by atoms with E-state index in [0.717, 1.165) is 6.26 Å². The molecule has 33 heavy (non-hydrogen) atoms. The monoisotopic (exact) mass is 476 g/mol. The SMILES string of the molecule is COc1ccc(NC(=O)CCc2nc(-c3ccc(OC)c(OC)c3)no2)cc1NS(C)(=O)=O. The van der Waals surface area contributed by atoms with E-state index in [1.165, 1.54) is 20.3 Å². The average molecular weight is 477 g/mol. The first-order valence-corrected chi connectivity index (χ1v) is 11.6. The number of ether oxygens (including phenoxy) is 3. The van der Waals surface area contributed by atoms with Gasteiger partial charge in [0.15, 0.2) is 11.5 Å². The lowest BCUT2D eigenvalue weighted by molar-refractivity contribution is -0.116. The molecule has 176 valence electrons. The topological polar surface area (TPSA) is 142 Å². The van der Waals surface area contributed by atoms with Crippen molar-refractivity contribution in [2.45, 2.75) is 12.8 Å². The molecule has 2 N–H and O–H groups in total. The van der Waals surface area contributed by atoms with E-state index >= 15 is 0 Å². The number of benzene rings is 2. The van der Waals surface area contributed by atoms with Gasteiger partial charge in [-0.3, -0.25) is 9.52 Å². The summed E-state index contributed by atoms with van der Waals surface area (Å²) in [6, 6.07) is 9.86. The molecule has 12 heteroatoms. The second-order valence-electron chi connectivity index (χ2n) is 6.92. The number of amides is 1. The van der Waals surface area contributed by atoms with Crippen molar-refractivity contribution in [2.75, 3.05) is 37.6 Å². The van der Waals surface area contributed by atoms with Crippen LogP contribution in [0.25, 0.3) is 11.4 Å². The maximum Gasteiger partial charge on any atom is 0.229 e. The molecule has 3 aromatic rings. The lowest BCUT2D eigenvalue weighted by Gasteiger charge is -2.12. The fourth-order valence-electron chi connectivity index (χ4n) is 2.96. The zero-order valence-electron chi connectivity index (χ0n) is 18.5. The fraction of sp³-hybridized carbons (Fsp3) is 0.286. The van der Waals surface area contributed by atoms with Gasteiger partial charge in [0.2, 0.25) is 27.6 Å². The maximum atomic E-state index is 12.4. The van der Waals surface area contributed by atoms with Crippen molar-refractivity contribution in [2.24, 2.45) is 0 Å². The molecule has 0 spiro atoms. The summed E-state index contributed by atoms with van der Waals surface area (Å²) in [6.45, 7) is 0. The summed E-state index contributed by atoms with van der Waals surface area (Å²) in [4.78, 5) is 16.7. The summed E-state index contributed by atoms with van der Waals surface area (Å²) >= 11 is 0. The Balaban J connectivity index is 1.63. The van der Waals surface area contributed by atoms with E-state index in [4.69, 9.17) is 18.7 Å². The first kappa shape index (κ1) is 23.9. The molecule has 1 heterocycles. The fourth-order valence-corrected chi connectivity index (χ4v) is 3.52. The van der Waals surface area contributed by atoms with E-state index in [1.54, 1.807) is 37.4 Å². The molecule has 0 fully saturated rings. The van der Waals surface area contributed by atoms with Gasteiger partial charge in [-0.25, -0.2) is 8.42 Å². The molecule has 1 amide bonds. The summed E-state index contributed by atoms with van der Waals surface area (Å²) in [6.07, 6.45) is 1.32. The average Bonchev–Trinajstić information content (AvgIpc) is 3.25. The molecule has 0 atom stereocenters. The molecular weight excluding hydrogens is 452 g/mol. The smallest absolute Gasteiger partial charge is 0.229 e. The highest BCUT2D eigenvalue weighted by molar-refractivity contribution is 7.92. The van der Waals surface area contributed by atoms with Gasteiger partial charge in [0.05, 0.1) is 33.3 Å². The van der Waals surface area contributed by atoms with Crippen LogP contribution in [-0.4, -0.2) is 52.1 Å². The number of hydrogen-bond donors (Lipinski definition) is 2. The summed E-state index contributed by atoms with van der Waals surface area (Å²) in [5.41, 5.74) is 1.30. The molecule has 0 saturated heterocycles. The van der Waals surface area contributed by atoms with Gasteiger partial charge in [-0.1, -0.05) is 5.16 Å². The normalized spacial score (nSPS) is 11.0. The van der Waals surface area contributed by atoms with Crippen molar-refractivity contribution in [1.29, 1.82) is 0 Å². The van der Waals surface area contributed by atoms with Gasteiger partial charge in [0.25, 0.3) is 0 Å². The van der Waals surface area contributed by atoms with Crippen molar-refractivity contribution >= 4 is 27.3 Å². The third-order valence-electron chi connectivity index (χ3n) is 4.45. The highest BCUT2D eigenvalue weighted by Gasteiger charge is 2.14. The Morgan fingerprint density at radius 2 is 1.70 bits per heavy atom. The zero-order valence-corrected chi connectivity index (χ0v) is 19.4. The standard InChI is InChI=1S/C21H24N4O7S/c1-29-16-8-6-14(12-15(16)25-33(4,27)28)22-19(26)9-10-20-23-21(24-32-20)13-5-7-17(30-2)18(11-13)31-3/h5-8,11-12,25H,9-10H2,1-4H3,(H,22,26). The van der Waals surface area contributed by atoms with E-state index in [1.807, 2.05) is 0 Å². The van der Waals surface area contributed by atoms with Crippen LogP contribution in [0.2, 0.25) is 0 Å². The first-order valence-electron chi connectivity index (χ1n) is 9.73. The van der Waals surface area contributed by atoms with Crippen molar-refractivity contribution in [3.8, 4) is 28.6 Å². The van der Waals surface area contributed by atoms with Crippen LogP contribution in [0.3, 0.4) is 0 Å². The van der Waals surface area contributed by atoms with E-state index in [0.29, 0.717) is 40.2 Å². The summed E-state index contributed by atoms with van der Waals surface area (Å²) < 4.78 is 46.3. The van der Waals surface area contributed by atoms with Crippen molar-refractivity contribution < 1.29 is 31.9 Å². The number of nitrogens with zero attached hydrogens (tertiary/aromatic N) is 2. The van der Waals surface area contributed by atoms with Gasteiger partial charge in [-0.2, -0.15) is 4.98 Å². The highest BCUT2D eigenvalue weighted by Crippen LogP contribution is 2.31. The number of aryl methyl sites for hydroxylation is 1. The van der Waals surface area contributed by atoms with Gasteiger partial charge < -0.3 is 24.1 Å². The molecule has 0 aliphatic heterocycles. The lowest BCUT2D eigenvalue weighted by atomic mass is 10.2. The Morgan fingerprint density at radius 3 is 2.36 bits per heavy atom. The third-order valence-corrected chi connectivity index (χ3v) is 5.05. The second-order valence-corrected chi connectivity index (χ2v) is 8.67. The molecule has 1 aromatic heterocycles. The number of sulfonamides is 1. The number of nitrogens with one attached hydrogen (secondary N) is 2. The number of anilines is 2. The van der Waals surface area contributed by atoms with Crippen LogP contribution in [-0.2, 0) is 21.2 Å². The van der Waals surface area contributed by atoms with E-state index in [2.05, 4.69) is 20.2 Å². The first-order chi connectivity index (χ1) is 15.7. The van der Waals surface area contributed by atoms with Crippen LogP contribution in [0.1, 0.15) is 12.3 Å². The number of rotatable bonds is 10. The molecule has 0 saturated carbocycles. The zero-order chi connectivity index (χ0) is 24.0. The predicted octanol–water partition coefficient (Wildman–Crippen LogP) is 2.71. The van der Waals surface area contributed by atoms with E-state index in [9.17, 15) is 13.2 Å². The molecule has 0 aliphatic carbocycles. The summed E-state index contributed by atoms with van der Waals surface area (Å²) in [5, 5.41) is 6.66. The van der Waals surface area contributed by atoms with Crippen molar-refractivity contribution in [3.63, 3.8) is 0 Å². The second kappa shape index (κ2) is 10.2. The Morgan fingerprint density at radius 1 is 1.00 bits per heavy atom. The molecule has 3 rings (SSSR count). The number of methoxy groups -OCH3 is 3. The van der Waals surface area contributed by atoms with Crippen molar-refractivity contribution in [1.82, 2.24) is 10.1 Å². The third kappa shape index (κ3) is 6.35. The number of carbonyl (C=O) groups is 1. The van der Waals surface area contributed by atoms with Gasteiger partial charge in [-0.15, -0.1) is 0 Å². The predicted molar refractivity (Wildman–Crippen MR) is 121 cm³/mol. The van der Waals surface area contributed by atoms with Gasteiger partial charge in [0, 0.05) is 24.1 Å². The Labute approximate surface area is 191 Å². The molecule has 0 unspecified atom stereocenters. The molecule has 11 nitrogen and oxygen atoms in total. The van der Waals surface area contributed by atoms with Crippen LogP contribution in [0.4, 0.5) is 11.4 Å². The van der Waals surface area contributed by atoms with Crippen molar-refractivity contribution in [3.05, 3.63) is 42.3 Å². The summed E-state index contributed by atoms with van der Waals surface area (Å²) in [5.74, 6) is 1.78. The van der Waals surface area contributed by atoms with Crippen LogP contribution < -0.4 is 24.2 Å². The maximum absolute atomic E-state index is 12.4. The van der Waals surface area contributed by atoms with Gasteiger partial charge in [-0.05, 0) is 36.4 Å². The molecule has 0 aliphatic rings. The largest absolute Gasteiger partial charge is 0.495 e. The number of hydrogen-bond acceptors (Lipinski definition) is 9. The summed E-state index contributed by atoms with van der Waals surface area (Å²) in [7, 11) is 0.981. The molecule has 2 aromatic carbocycles. The molecule has 0 radical (unpaired) electrons. The Hall–Kier alpha value is -3.80. The van der Waals surface area contributed by atoms with Gasteiger partial charge in [0.1, 0.15) is 5.75 Å². The van der Waals surface area contributed by atoms with Crippen LogP contribution in [0.15, 0.2) is 40.9 Å². The van der Waals surface area contributed by atoms with Crippen LogP contribution in [0, 0.1) is 0 Å². The van der Waals surface area contributed by atoms with E-state index in [-0.39, 0.29) is 24.4 Å². The minimum Gasteiger partial charge on any atom is -0.495 e. The van der Waals surface area contributed by atoms with Crippen LogP contribution in [0.5, 0.6) is 17.2 Å². The van der Waals surface area contributed by atoms with E-state index < -0.39 is 10.0 Å². The number of aromatic nitrogens is 2. The lowest BCUT2D eigenvalue weighted by Crippen LogP contribution is -2.14. The number of carbonyl (C=O) groups excluding carboxylic acids is 1. The minimum atomic E-state index is -3.52. The Kier molecular flexibility index (Phi) is 7.38. The quantitative estimate of drug-likeness (QED) is 0.451. The molecular formula is C21H24N4O7S. The van der Waals surface area contributed by atoms with Gasteiger partial charge >= 0.3 is 0 Å². The highest BCUT2D eigenvalue weighted by atomic mass is 32.2. The van der Waals surface area contributed by atoms with Crippen LogP contribution >= 0.6 is 0 Å². The minimum absolute atomic E-state index is 0.0778. The Bertz CT molecular complexity index is 1240. The molecule has 0 bridgehead atoms.